The van der Waals surface area contributed by atoms with Gasteiger partial charge in [-0.25, -0.2) is 4.39 Å². The highest BCUT2D eigenvalue weighted by Gasteiger charge is 2.41. The first-order valence-corrected chi connectivity index (χ1v) is 9.57. The molecule has 1 fully saturated rings. The number of halogens is 1. The van der Waals surface area contributed by atoms with Gasteiger partial charge in [0.05, 0.1) is 5.69 Å². The molecule has 1 atom stereocenters. The molecule has 0 spiro atoms. The van der Waals surface area contributed by atoms with Crippen LogP contribution in [0, 0.1) is 5.82 Å². The lowest BCUT2D eigenvalue weighted by atomic mass is 9.91. The molecular formula is C20H25FN4O2. The molecule has 144 valence electrons. The average Bonchev–Trinajstić information content (AvgIpc) is 3.26. The van der Waals surface area contributed by atoms with Crippen LogP contribution < -0.4 is 5.32 Å². The number of aryl methyl sites for hydroxylation is 1. The van der Waals surface area contributed by atoms with Crippen molar-refractivity contribution in [2.24, 2.45) is 0 Å². The molecule has 2 aliphatic rings. The van der Waals surface area contributed by atoms with Gasteiger partial charge in [0.25, 0.3) is 5.91 Å². The fraction of sp³-hybridized carbons (Fsp3) is 0.500. The number of nitrogens with zero attached hydrogens (tertiary/aromatic N) is 2. The number of hydrogen-bond acceptors (Lipinski definition) is 4. The Morgan fingerprint density at radius 3 is 2.89 bits per heavy atom. The molecule has 0 unspecified atom stereocenters. The molecule has 4 rings (SSSR count). The van der Waals surface area contributed by atoms with Crippen LogP contribution in [0.3, 0.4) is 0 Å². The van der Waals surface area contributed by atoms with Crippen molar-refractivity contribution < 1.29 is 14.3 Å². The number of carbonyl (C=O) groups excluding carboxylic acids is 1. The van der Waals surface area contributed by atoms with Crippen LogP contribution >= 0.6 is 0 Å². The molecule has 1 aliphatic carbocycles. The summed E-state index contributed by atoms with van der Waals surface area (Å²) in [6.07, 6.45) is 4.42. The molecule has 1 amide bonds. The fourth-order valence-electron chi connectivity index (χ4n) is 4.11. The Kier molecular flexibility index (Phi) is 4.97. The van der Waals surface area contributed by atoms with E-state index in [9.17, 15) is 14.3 Å². The molecule has 1 aromatic carbocycles. The van der Waals surface area contributed by atoms with Gasteiger partial charge in [-0.3, -0.25) is 9.89 Å². The van der Waals surface area contributed by atoms with Gasteiger partial charge in [-0.05, 0) is 55.4 Å². The Balaban J connectivity index is 1.36. The van der Waals surface area contributed by atoms with E-state index in [-0.39, 0.29) is 18.3 Å². The van der Waals surface area contributed by atoms with Gasteiger partial charge >= 0.3 is 0 Å². The maximum atomic E-state index is 13.1. The van der Waals surface area contributed by atoms with E-state index in [1.165, 1.54) is 23.4 Å². The van der Waals surface area contributed by atoms with E-state index >= 15 is 0 Å². The quantitative estimate of drug-likeness (QED) is 0.721. The van der Waals surface area contributed by atoms with Crippen LogP contribution in [0.5, 0.6) is 0 Å². The Bertz CT molecular complexity index is 820. The molecule has 6 nitrogen and oxygen atoms in total. The first kappa shape index (κ1) is 18.1. The summed E-state index contributed by atoms with van der Waals surface area (Å²) in [5.74, 6) is -0.563. The lowest BCUT2D eigenvalue weighted by Crippen LogP contribution is -2.57. The summed E-state index contributed by atoms with van der Waals surface area (Å²) in [6, 6.07) is 6.12. The molecule has 2 aromatic rings. The Labute approximate surface area is 157 Å². The smallest absolute Gasteiger partial charge is 0.256 e. The number of nitrogens with one attached hydrogen (secondary N) is 2. The van der Waals surface area contributed by atoms with Crippen LogP contribution in [0.15, 0.2) is 24.3 Å². The largest absolute Gasteiger partial charge is 0.379 e. The van der Waals surface area contributed by atoms with E-state index in [0.29, 0.717) is 26.1 Å². The number of likely N-dealkylation sites (tertiary alicyclic amines) is 1. The maximum absolute atomic E-state index is 13.1. The second kappa shape index (κ2) is 7.40. The summed E-state index contributed by atoms with van der Waals surface area (Å²) in [7, 11) is 0. The molecule has 1 saturated heterocycles. The molecule has 0 radical (unpaired) electrons. The normalized spacial score (nSPS) is 22.3. The van der Waals surface area contributed by atoms with Crippen molar-refractivity contribution in [3.63, 3.8) is 0 Å². The molecule has 1 aliphatic heterocycles. The predicted molar refractivity (Wildman–Crippen MR) is 98.3 cm³/mol. The number of aromatic nitrogens is 2. The highest BCUT2D eigenvalue weighted by atomic mass is 19.1. The van der Waals surface area contributed by atoms with Gasteiger partial charge in [0, 0.05) is 31.9 Å². The number of hydrogen-bond donors (Lipinski definition) is 3. The van der Waals surface area contributed by atoms with Crippen LogP contribution in [-0.2, 0) is 30.7 Å². The molecule has 0 bridgehead atoms. The Morgan fingerprint density at radius 2 is 2.07 bits per heavy atom. The van der Waals surface area contributed by atoms with Gasteiger partial charge in [-0.2, -0.15) is 5.10 Å². The minimum Gasteiger partial charge on any atom is -0.379 e. The number of fused-ring (bicyclic) bond motifs is 1. The minimum atomic E-state index is -1.40. The topological polar surface area (TPSA) is 81.2 Å². The van der Waals surface area contributed by atoms with Crippen molar-refractivity contribution in [1.82, 2.24) is 20.4 Å². The van der Waals surface area contributed by atoms with Crippen molar-refractivity contribution in [3.8, 4) is 0 Å². The van der Waals surface area contributed by atoms with Gasteiger partial charge in [-0.1, -0.05) is 12.1 Å². The number of amides is 1. The summed E-state index contributed by atoms with van der Waals surface area (Å²) in [4.78, 5) is 14.5. The van der Waals surface area contributed by atoms with Crippen LogP contribution in [0.25, 0.3) is 0 Å². The molecule has 3 N–H and O–H groups in total. The summed E-state index contributed by atoms with van der Waals surface area (Å²) < 4.78 is 13.1. The molecule has 0 saturated carbocycles. The number of carbonyl (C=O) groups is 1. The van der Waals surface area contributed by atoms with Gasteiger partial charge in [0.1, 0.15) is 5.82 Å². The third-order valence-corrected chi connectivity index (χ3v) is 5.59. The van der Waals surface area contributed by atoms with E-state index in [1.807, 2.05) is 0 Å². The number of piperidine rings is 1. The zero-order chi connectivity index (χ0) is 18.9. The van der Waals surface area contributed by atoms with Gasteiger partial charge in [-0.15, -0.1) is 0 Å². The minimum absolute atomic E-state index is 0.202. The van der Waals surface area contributed by atoms with E-state index in [0.717, 1.165) is 36.9 Å². The van der Waals surface area contributed by atoms with E-state index < -0.39 is 5.60 Å². The van der Waals surface area contributed by atoms with Crippen LogP contribution in [0.1, 0.15) is 41.8 Å². The number of H-pyrrole nitrogens is 1. The monoisotopic (exact) mass is 372 g/mol. The third-order valence-electron chi connectivity index (χ3n) is 5.59. The second-order valence-corrected chi connectivity index (χ2v) is 7.57. The van der Waals surface area contributed by atoms with Gasteiger partial charge < -0.3 is 15.3 Å². The van der Waals surface area contributed by atoms with Crippen molar-refractivity contribution in [3.05, 3.63) is 52.6 Å². The van der Waals surface area contributed by atoms with Crippen LogP contribution in [0.2, 0.25) is 0 Å². The zero-order valence-corrected chi connectivity index (χ0v) is 15.3. The summed E-state index contributed by atoms with van der Waals surface area (Å²) in [5, 5.41) is 21.6. The Hall–Kier alpha value is -2.25. The molecular weight excluding hydrogens is 347 g/mol. The summed E-state index contributed by atoms with van der Waals surface area (Å²) in [5.41, 5.74) is 2.93. The first-order chi connectivity index (χ1) is 13.0. The molecule has 1 aromatic heterocycles. The number of aliphatic hydroxyl groups is 1. The summed E-state index contributed by atoms with van der Waals surface area (Å²) >= 11 is 0. The second-order valence-electron chi connectivity index (χ2n) is 7.57. The van der Waals surface area contributed by atoms with Gasteiger partial charge in [0.2, 0.25) is 0 Å². The lowest BCUT2D eigenvalue weighted by Gasteiger charge is -2.38. The van der Waals surface area contributed by atoms with E-state index in [1.54, 1.807) is 17.0 Å². The number of aromatic amines is 1. The third kappa shape index (κ3) is 3.75. The van der Waals surface area contributed by atoms with Crippen molar-refractivity contribution in [1.29, 1.82) is 0 Å². The maximum Gasteiger partial charge on any atom is 0.256 e. The predicted octanol–water partition coefficient (Wildman–Crippen LogP) is 1.68. The first-order valence-electron chi connectivity index (χ1n) is 9.57. The van der Waals surface area contributed by atoms with E-state index in [4.69, 9.17) is 0 Å². The summed E-state index contributed by atoms with van der Waals surface area (Å²) in [6.45, 7) is 1.73. The van der Waals surface area contributed by atoms with Crippen LogP contribution in [0.4, 0.5) is 4.39 Å². The lowest BCUT2D eigenvalue weighted by molar-refractivity contribution is -0.157. The highest BCUT2D eigenvalue weighted by molar-refractivity contribution is 5.86. The molecule has 7 heteroatoms. The average molecular weight is 372 g/mol. The number of benzene rings is 1. The van der Waals surface area contributed by atoms with Crippen molar-refractivity contribution >= 4 is 5.91 Å². The standard InChI is InChI=1S/C20H25FN4O2/c21-15-7-5-14(6-8-15)12-25-10-2-9-20(27,19(25)26)13-22-11-18-16-3-1-4-17(16)23-24-18/h5-8,22,27H,1-4,9-13H2,(H,23,24)/t20-/m1/s1. The zero-order valence-electron chi connectivity index (χ0n) is 15.3. The highest BCUT2D eigenvalue weighted by Crippen LogP contribution is 2.25. The fourth-order valence-corrected chi connectivity index (χ4v) is 4.11. The molecule has 27 heavy (non-hydrogen) atoms. The van der Waals surface area contributed by atoms with Crippen LogP contribution in [-0.4, -0.2) is 44.8 Å². The molecule has 2 heterocycles. The van der Waals surface area contributed by atoms with Crippen molar-refractivity contribution in [2.45, 2.75) is 50.8 Å². The number of rotatable bonds is 6. The SMILES string of the molecule is O=C1N(Cc2ccc(F)cc2)CCC[C@@]1(O)CNCc1n[nH]c2c1CCC2. The van der Waals surface area contributed by atoms with Gasteiger partial charge in [0.15, 0.2) is 5.60 Å². The van der Waals surface area contributed by atoms with E-state index in [2.05, 4.69) is 15.5 Å². The van der Waals surface area contributed by atoms with Crippen molar-refractivity contribution in [2.75, 3.05) is 13.1 Å². The Morgan fingerprint density at radius 1 is 1.26 bits per heavy atom.